The number of para-hydroxylation sites is 1. The second-order valence-corrected chi connectivity index (χ2v) is 4.56. The van der Waals surface area contributed by atoms with E-state index in [0.29, 0.717) is 12.5 Å². The molecule has 2 nitrogen and oxygen atoms in total. The Morgan fingerprint density at radius 2 is 1.88 bits per heavy atom. The highest BCUT2D eigenvalue weighted by atomic mass is 16.5. The molecule has 88 valence electrons. The summed E-state index contributed by atoms with van der Waals surface area (Å²) in [4.78, 5) is 0. The van der Waals surface area contributed by atoms with Crippen molar-refractivity contribution >= 4 is 0 Å². The molecule has 0 amide bonds. The number of hydrogen-bond donors (Lipinski definition) is 1. The zero-order chi connectivity index (χ0) is 11.2. The molecule has 1 N–H and O–H groups in total. The molecular formula is C14H20O2. The minimum Gasteiger partial charge on any atom is -0.493 e. The fourth-order valence-electron chi connectivity index (χ4n) is 2.39. The lowest BCUT2D eigenvalue weighted by atomic mass is 9.99. The summed E-state index contributed by atoms with van der Waals surface area (Å²) in [7, 11) is 0. The number of aliphatic hydroxyl groups is 1. The van der Waals surface area contributed by atoms with Crippen LogP contribution in [0.1, 0.15) is 32.1 Å². The van der Waals surface area contributed by atoms with Gasteiger partial charge in [-0.2, -0.15) is 0 Å². The minimum atomic E-state index is -0.175. The minimum absolute atomic E-state index is 0.175. The first-order valence-corrected chi connectivity index (χ1v) is 6.22. The van der Waals surface area contributed by atoms with E-state index < -0.39 is 0 Å². The van der Waals surface area contributed by atoms with Gasteiger partial charge in [0.15, 0.2) is 0 Å². The normalized spacial score (nSPS) is 18.6. The van der Waals surface area contributed by atoms with Gasteiger partial charge in [0.1, 0.15) is 5.75 Å². The van der Waals surface area contributed by atoms with E-state index in [-0.39, 0.29) is 6.10 Å². The maximum absolute atomic E-state index is 9.95. The Balaban J connectivity index is 1.67. The van der Waals surface area contributed by atoms with Gasteiger partial charge < -0.3 is 9.84 Å². The molecule has 1 atom stereocenters. The summed E-state index contributed by atoms with van der Waals surface area (Å²) in [5, 5.41) is 9.95. The molecule has 0 radical (unpaired) electrons. The summed E-state index contributed by atoms with van der Waals surface area (Å²) < 4.78 is 5.58. The summed E-state index contributed by atoms with van der Waals surface area (Å²) >= 11 is 0. The van der Waals surface area contributed by atoms with Gasteiger partial charge in [0.2, 0.25) is 0 Å². The van der Waals surface area contributed by atoms with Gasteiger partial charge in [-0.15, -0.1) is 0 Å². The van der Waals surface area contributed by atoms with Crippen molar-refractivity contribution in [1.29, 1.82) is 0 Å². The lowest BCUT2D eigenvalue weighted by molar-refractivity contribution is 0.0853. The first kappa shape index (κ1) is 11.5. The second-order valence-electron chi connectivity index (χ2n) is 4.56. The summed E-state index contributed by atoms with van der Waals surface area (Å²) in [6.07, 6.45) is 5.51. The Morgan fingerprint density at radius 1 is 1.19 bits per heavy atom. The van der Waals surface area contributed by atoms with Gasteiger partial charge in [0.05, 0.1) is 12.7 Å². The van der Waals surface area contributed by atoms with E-state index in [2.05, 4.69) is 0 Å². The van der Waals surface area contributed by atoms with Crippen molar-refractivity contribution < 1.29 is 9.84 Å². The monoisotopic (exact) mass is 220 g/mol. The van der Waals surface area contributed by atoms with Crippen molar-refractivity contribution in [3.8, 4) is 5.75 Å². The van der Waals surface area contributed by atoms with Crippen LogP contribution in [0.15, 0.2) is 30.3 Å². The fraction of sp³-hybridized carbons (Fsp3) is 0.571. The van der Waals surface area contributed by atoms with Crippen molar-refractivity contribution in [3.05, 3.63) is 30.3 Å². The zero-order valence-corrected chi connectivity index (χ0v) is 9.64. The predicted molar refractivity (Wildman–Crippen MR) is 64.5 cm³/mol. The highest BCUT2D eigenvalue weighted by Crippen LogP contribution is 2.28. The Hall–Kier alpha value is -1.02. The summed E-state index contributed by atoms with van der Waals surface area (Å²) in [5.74, 6) is 1.40. The van der Waals surface area contributed by atoms with Crippen LogP contribution < -0.4 is 4.74 Å². The van der Waals surface area contributed by atoms with Crippen LogP contribution in [0.2, 0.25) is 0 Å². The van der Waals surface area contributed by atoms with Crippen molar-refractivity contribution in [2.24, 2.45) is 5.92 Å². The summed E-state index contributed by atoms with van der Waals surface area (Å²) in [6.45, 7) is 0.613. The third-order valence-corrected chi connectivity index (χ3v) is 3.37. The first-order chi connectivity index (χ1) is 7.86. The van der Waals surface area contributed by atoms with Crippen LogP contribution in [0.3, 0.4) is 0 Å². The Morgan fingerprint density at radius 3 is 2.56 bits per heavy atom. The van der Waals surface area contributed by atoms with Crippen LogP contribution in [-0.4, -0.2) is 17.8 Å². The number of rotatable bonds is 5. The van der Waals surface area contributed by atoms with Crippen LogP contribution in [0.5, 0.6) is 5.75 Å². The van der Waals surface area contributed by atoms with E-state index in [9.17, 15) is 5.11 Å². The quantitative estimate of drug-likeness (QED) is 0.826. The lowest BCUT2D eigenvalue weighted by Crippen LogP contribution is -2.20. The van der Waals surface area contributed by atoms with Crippen LogP contribution in [-0.2, 0) is 0 Å². The molecule has 1 fully saturated rings. The maximum atomic E-state index is 9.95. The zero-order valence-electron chi connectivity index (χ0n) is 9.64. The van der Waals surface area contributed by atoms with Crippen molar-refractivity contribution in [1.82, 2.24) is 0 Å². The SMILES string of the molecule is OC(CCOc1ccccc1)C1CCCC1. The third-order valence-electron chi connectivity index (χ3n) is 3.37. The molecule has 16 heavy (non-hydrogen) atoms. The van der Waals surface area contributed by atoms with Crippen molar-refractivity contribution in [2.45, 2.75) is 38.2 Å². The highest BCUT2D eigenvalue weighted by Gasteiger charge is 2.22. The van der Waals surface area contributed by atoms with Gasteiger partial charge in [0.25, 0.3) is 0 Å². The highest BCUT2D eigenvalue weighted by molar-refractivity contribution is 5.20. The molecule has 1 saturated carbocycles. The van der Waals surface area contributed by atoms with Crippen molar-refractivity contribution in [3.63, 3.8) is 0 Å². The maximum Gasteiger partial charge on any atom is 0.119 e. The smallest absolute Gasteiger partial charge is 0.119 e. The van der Waals surface area contributed by atoms with E-state index in [0.717, 1.165) is 12.2 Å². The molecule has 0 spiro atoms. The number of ether oxygens (including phenoxy) is 1. The molecule has 0 heterocycles. The molecule has 2 rings (SSSR count). The standard InChI is InChI=1S/C14H20O2/c15-14(12-6-4-5-7-12)10-11-16-13-8-2-1-3-9-13/h1-3,8-9,12,14-15H,4-7,10-11H2. The van der Waals surface area contributed by atoms with Crippen LogP contribution >= 0.6 is 0 Å². The van der Waals surface area contributed by atoms with Crippen LogP contribution in [0, 0.1) is 5.92 Å². The average molecular weight is 220 g/mol. The van der Waals surface area contributed by atoms with Crippen molar-refractivity contribution in [2.75, 3.05) is 6.61 Å². The molecule has 0 bridgehead atoms. The van der Waals surface area contributed by atoms with Gasteiger partial charge >= 0.3 is 0 Å². The Labute approximate surface area is 97.3 Å². The average Bonchev–Trinajstić information content (AvgIpc) is 2.84. The van der Waals surface area contributed by atoms with E-state index in [1.165, 1.54) is 25.7 Å². The first-order valence-electron chi connectivity index (χ1n) is 6.22. The molecule has 1 aliphatic carbocycles. The predicted octanol–water partition coefficient (Wildman–Crippen LogP) is 3.01. The number of hydrogen-bond acceptors (Lipinski definition) is 2. The molecule has 1 unspecified atom stereocenters. The number of benzene rings is 1. The second kappa shape index (κ2) is 5.90. The van der Waals surface area contributed by atoms with E-state index in [1.54, 1.807) is 0 Å². The third kappa shape index (κ3) is 3.24. The van der Waals surface area contributed by atoms with Crippen LogP contribution in [0.25, 0.3) is 0 Å². The molecule has 1 aromatic carbocycles. The molecule has 1 aliphatic rings. The summed E-state index contributed by atoms with van der Waals surface area (Å²) in [6, 6.07) is 9.79. The van der Waals surface area contributed by atoms with Crippen LogP contribution in [0.4, 0.5) is 0 Å². The summed E-state index contributed by atoms with van der Waals surface area (Å²) in [5.41, 5.74) is 0. The van der Waals surface area contributed by atoms with E-state index in [1.807, 2.05) is 30.3 Å². The Bertz CT molecular complexity index is 291. The molecule has 0 aliphatic heterocycles. The molecule has 0 saturated heterocycles. The lowest BCUT2D eigenvalue weighted by Gasteiger charge is -2.17. The molecule has 1 aromatic rings. The van der Waals surface area contributed by atoms with E-state index >= 15 is 0 Å². The van der Waals surface area contributed by atoms with Gasteiger partial charge in [-0.3, -0.25) is 0 Å². The van der Waals surface area contributed by atoms with Gasteiger partial charge in [0, 0.05) is 6.42 Å². The molecular weight excluding hydrogens is 200 g/mol. The molecule has 2 heteroatoms. The largest absolute Gasteiger partial charge is 0.493 e. The van der Waals surface area contributed by atoms with E-state index in [4.69, 9.17) is 4.74 Å². The van der Waals surface area contributed by atoms with Gasteiger partial charge in [-0.1, -0.05) is 31.0 Å². The topological polar surface area (TPSA) is 29.5 Å². The Kier molecular flexibility index (Phi) is 4.23. The van der Waals surface area contributed by atoms with Gasteiger partial charge in [-0.05, 0) is 30.9 Å². The molecule has 0 aromatic heterocycles. The van der Waals surface area contributed by atoms with Gasteiger partial charge in [-0.25, -0.2) is 0 Å². The fourth-order valence-corrected chi connectivity index (χ4v) is 2.39. The number of aliphatic hydroxyl groups excluding tert-OH is 1.